The fraction of sp³-hybridized carbons (Fsp3) is 0.600. The van der Waals surface area contributed by atoms with E-state index in [0.29, 0.717) is 30.8 Å². The molecule has 2 rings (SSSR count). The van der Waals surface area contributed by atoms with Crippen LogP contribution < -0.4 is 10.6 Å². The minimum atomic E-state index is -4.33. The lowest BCUT2D eigenvalue weighted by atomic mass is 9.99. The summed E-state index contributed by atoms with van der Waals surface area (Å²) in [6.07, 6.45) is -2.03. The van der Waals surface area contributed by atoms with Crippen LogP contribution in [0.4, 0.5) is 18.9 Å². The second-order valence-corrected chi connectivity index (χ2v) is 5.96. The molecule has 112 valence electrons. The van der Waals surface area contributed by atoms with Gasteiger partial charge in [-0.2, -0.15) is 13.2 Å². The van der Waals surface area contributed by atoms with Crippen molar-refractivity contribution in [3.05, 3.63) is 29.3 Å². The predicted molar refractivity (Wildman–Crippen MR) is 74.9 cm³/mol. The Morgan fingerprint density at radius 2 is 2.00 bits per heavy atom. The Bertz CT molecular complexity index is 480. The van der Waals surface area contributed by atoms with Crippen LogP contribution in [0.5, 0.6) is 0 Å². The summed E-state index contributed by atoms with van der Waals surface area (Å²) < 4.78 is 39.9. The lowest BCUT2D eigenvalue weighted by molar-refractivity contribution is -0.137. The quantitative estimate of drug-likeness (QED) is 0.920. The second-order valence-electron chi connectivity index (χ2n) is 5.96. The van der Waals surface area contributed by atoms with Crippen molar-refractivity contribution in [3.8, 4) is 0 Å². The summed E-state index contributed by atoms with van der Waals surface area (Å²) in [4.78, 5) is 1.88. The van der Waals surface area contributed by atoms with Gasteiger partial charge < -0.3 is 10.6 Å². The molecule has 1 aliphatic heterocycles. The van der Waals surface area contributed by atoms with E-state index in [9.17, 15) is 13.2 Å². The number of hydrogen-bond donors (Lipinski definition) is 1. The van der Waals surface area contributed by atoms with Gasteiger partial charge in [-0.1, -0.05) is 6.07 Å². The highest BCUT2D eigenvalue weighted by molar-refractivity contribution is 5.59. The first-order chi connectivity index (χ1) is 9.25. The molecule has 2 nitrogen and oxygen atoms in total. The molecule has 1 fully saturated rings. The van der Waals surface area contributed by atoms with E-state index in [0.717, 1.165) is 12.8 Å². The molecule has 1 aromatic carbocycles. The molecule has 1 aliphatic rings. The number of benzene rings is 1. The molecule has 20 heavy (non-hydrogen) atoms. The largest absolute Gasteiger partial charge is 0.418 e. The van der Waals surface area contributed by atoms with Crippen molar-refractivity contribution in [1.29, 1.82) is 0 Å². The second kappa shape index (κ2) is 5.28. The van der Waals surface area contributed by atoms with Crippen molar-refractivity contribution < 1.29 is 13.2 Å². The van der Waals surface area contributed by atoms with Crippen molar-refractivity contribution >= 4 is 5.69 Å². The van der Waals surface area contributed by atoms with Crippen LogP contribution in [0, 0.1) is 0 Å². The van der Waals surface area contributed by atoms with Crippen LogP contribution in [0.2, 0.25) is 0 Å². The van der Waals surface area contributed by atoms with Crippen LogP contribution in [-0.2, 0) is 12.6 Å². The van der Waals surface area contributed by atoms with Gasteiger partial charge in [-0.15, -0.1) is 0 Å². The molecule has 1 aromatic rings. The number of anilines is 1. The smallest absolute Gasteiger partial charge is 0.366 e. The van der Waals surface area contributed by atoms with Gasteiger partial charge in [0.2, 0.25) is 0 Å². The summed E-state index contributed by atoms with van der Waals surface area (Å²) in [6, 6.07) is 4.60. The molecule has 0 aromatic heterocycles. The van der Waals surface area contributed by atoms with E-state index in [4.69, 9.17) is 5.73 Å². The summed E-state index contributed by atoms with van der Waals surface area (Å²) in [6.45, 7) is 5.01. The number of rotatable bonds is 3. The van der Waals surface area contributed by atoms with Crippen molar-refractivity contribution in [2.45, 2.75) is 44.8 Å². The first kappa shape index (κ1) is 15.2. The van der Waals surface area contributed by atoms with Crippen LogP contribution >= 0.6 is 0 Å². The zero-order valence-corrected chi connectivity index (χ0v) is 11.9. The van der Waals surface area contributed by atoms with Crippen LogP contribution in [0.25, 0.3) is 0 Å². The number of halogens is 3. The van der Waals surface area contributed by atoms with Crippen molar-refractivity contribution in [2.24, 2.45) is 5.73 Å². The molecule has 0 amide bonds. The average Bonchev–Trinajstić information content (AvgIpc) is 2.68. The summed E-state index contributed by atoms with van der Waals surface area (Å²) >= 11 is 0. The Morgan fingerprint density at radius 1 is 1.30 bits per heavy atom. The predicted octanol–water partition coefficient (Wildman–Crippen LogP) is 3.59. The number of nitrogens with two attached hydrogens (primary N) is 1. The summed E-state index contributed by atoms with van der Waals surface area (Å²) in [5.74, 6) is 0. The minimum absolute atomic E-state index is 0.227. The zero-order valence-electron chi connectivity index (χ0n) is 11.9. The normalized spacial score (nSPS) is 18.6. The molecule has 1 heterocycles. The molecule has 0 unspecified atom stereocenters. The van der Waals surface area contributed by atoms with Crippen LogP contribution in [0.3, 0.4) is 0 Å². The first-order valence-electron chi connectivity index (χ1n) is 6.93. The number of hydrogen-bond acceptors (Lipinski definition) is 2. The SMILES string of the molecule is CC1(C)CCCN1c1ccc(CCN)cc1C(F)(F)F. The molecular formula is C15H21F3N2. The van der Waals surface area contributed by atoms with Gasteiger partial charge in [0.1, 0.15) is 0 Å². The van der Waals surface area contributed by atoms with Crippen molar-refractivity contribution in [1.82, 2.24) is 0 Å². The maximum Gasteiger partial charge on any atom is 0.418 e. The maximum atomic E-state index is 13.3. The third-order valence-electron chi connectivity index (χ3n) is 3.99. The van der Waals surface area contributed by atoms with E-state index < -0.39 is 11.7 Å². The Labute approximate surface area is 117 Å². The molecule has 0 saturated carbocycles. The summed E-state index contributed by atoms with van der Waals surface area (Å²) in [7, 11) is 0. The maximum absolute atomic E-state index is 13.3. The van der Waals surface area contributed by atoms with Crippen LogP contribution in [0.1, 0.15) is 37.8 Å². The van der Waals surface area contributed by atoms with Gasteiger partial charge in [-0.05, 0) is 57.4 Å². The van der Waals surface area contributed by atoms with Gasteiger partial charge in [0.05, 0.1) is 5.56 Å². The fourth-order valence-electron chi connectivity index (χ4n) is 2.92. The van der Waals surface area contributed by atoms with Gasteiger partial charge in [0.15, 0.2) is 0 Å². The van der Waals surface area contributed by atoms with Gasteiger partial charge in [-0.25, -0.2) is 0 Å². The molecule has 0 bridgehead atoms. The molecule has 0 radical (unpaired) electrons. The molecule has 5 heteroatoms. The van der Waals surface area contributed by atoms with E-state index in [-0.39, 0.29) is 5.54 Å². The Balaban J connectivity index is 2.47. The van der Waals surface area contributed by atoms with Crippen molar-refractivity contribution in [2.75, 3.05) is 18.0 Å². The van der Waals surface area contributed by atoms with E-state index in [2.05, 4.69) is 0 Å². The topological polar surface area (TPSA) is 29.3 Å². The molecule has 0 aliphatic carbocycles. The lowest BCUT2D eigenvalue weighted by Crippen LogP contribution is -2.39. The Hall–Kier alpha value is -1.23. The third kappa shape index (κ3) is 2.92. The number of alkyl halides is 3. The molecule has 1 saturated heterocycles. The van der Waals surface area contributed by atoms with E-state index >= 15 is 0 Å². The lowest BCUT2D eigenvalue weighted by Gasteiger charge is -2.35. The van der Waals surface area contributed by atoms with E-state index in [1.807, 2.05) is 18.7 Å². The highest BCUT2D eigenvalue weighted by Crippen LogP contribution is 2.42. The molecule has 2 N–H and O–H groups in total. The fourth-order valence-corrected chi connectivity index (χ4v) is 2.92. The van der Waals surface area contributed by atoms with E-state index in [1.165, 1.54) is 6.07 Å². The summed E-state index contributed by atoms with van der Waals surface area (Å²) in [5, 5.41) is 0. The highest BCUT2D eigenvalue weighted by atomic mass is 19.4. The minimum Gasteiger partial charge on any atom is -0.366 e. The van der Waals surface area contributed by atoms with Crippen molar-refractivity contribution in [3.63, 3.8) is 0 Å². The van der Waals surface area contributed by atoms with Gasteiger partial charge in [-0.3, -0.25) is 0 Å². The standard InChI is InChI=1S/C15H21F3N2/c1-14(2)7-3-9-20(14)13-5-4-11(6-8-19)10-12(13)15(16,17)18/h4-5,10H,3,6-9,19H2,1-2H3. The van der Waals surface area contributed by atoms with Gasteiger partial charge >= 0.3 is 6.18 Å². The van der Waals surface area contributed by atoms with E-state index in [1.54, 1.807) is 12.1 Å². The average molecular weight is 286 g/mol. The molecule has 0 spiro atoms. The Morgan fingerprint density at radius 3 is 2.50 bits per heavy atom. The monoisotopic (exact) mass is 286 g/mol. The van der Waals surface area contributed by atoms with Crippen LogP contribution in [-0.4, -0.2) is 18.6 Å². The highest BCUT2D eigenvalue weighted by Gasteiger charge is 2.39. The van der Waals surface area contributed by atoms with Crippen LogP contribution in [0.15, 0.2) is 18.2 Å². The Kier molecular flexibility index (Phi) is 4.00. The molecule has 0 atom stereocenters. The van der Waals surface area contributed by atoms with Gasteiger partial charge in [0, 0.05) is 17.8 Å². The van der Waals surface area contributed by atoms with Gasteiger partial charge in [0.25, 0.3) is 0 Å². The molecular weight excluding hydrogens is 265 g/mol. The third-order valence-corrected chi connectivity index (χ3v) is 3.99. The summed E-state index contributed by atoms with van der Waals surface area (Å²) in [5.41, 5.74) is 5.59. The number of nitrogens with zero attached hydrogens (tertiary/aromatic N) is 1. The zero-order chi connectivity index (χ0) is 15.0. The first-order valence-corrected chi connectivity index (χ1v) is 6.93.